The van der Waals surface area contributed by atoms with Crippen molar-refractivity contribution in [2.75, 3.05) is 26.3 Å². The lowest BCUT2D eigenvalue weighted by Crippen LogP contribution is -2.56. The minimum Gasteiger partial charge on any atom is -0.490 e. The second-order valence-corrected chi connectivity index (χ2v) is 7.51. The molecule has 2 N–H and O–H groups in total. The molecule has 1 aliphatic heterocycles. The number of amides is 1. The highest BCUT2D eigenvalue weighted by Gasteiger charge is 2.39. The summed E-state index contributed by atoms with van der Waals surface area (Å²) in [7, 11) is 0. The van der Waals surface area contributed by atoms with E-state index in [0.717, 1.165) is 13.1 Å². The van der Waals surface area contributed by atoms with Crippen molar-refractivity contribution in [3.63, 3.8) is 0 Å². The number of carbonyl (C=O) groups is 1. The molecule has 1 aromatic heterocycles. The molecule has 2 aromatic rings. The molecule has 0 aliphatic carbocycles. The number of carbonyl (C=O) groups excluding carboxylic acids is 1. The SMILES string of the molecule is NC(=O)C[C@]1(COc2cccc(Cl)c2)CN(Cc2cncs2)CCO1. The summed E-state index contributed by atoms with van der Waals surface area (Å²) in [6, 6.07) is 7.15. The first kappa shape index (κ1) is 18.1. The van der Waals surface area contributed by atoms with Crippen LogP contribution >= 0.6 is 22.9 Å². The van der Waals surface area contributed by atoms with Gasteiger partial charge in [-0.2, -0.15) is 0 Å². The molecule has 1 fully saturated rings. The Balaban J connectivity index is 1.69. The van der Waals surface area contributed by atoms with Crippen LogP contribution in [0.5, 0.6) is 5.75 Å². The Kier molecular flexibility index (Phi) is 5.90. The lowest BCUT2D eigenvalue weighted by atomic mass is 9.97. The number of halogens is 1. The van der Waals surface area contributed by atoms with Gasteiger partial charge in [0.15, 0.2) is 0 Å². The van der Waals surface area contributed by atoms with Gasteiger partial charge in [0, 0.05) is 35.7 Å². The zero-order valence-electron chi connectivity index (χ0n) is 13.7. The number of hydrogen-bond acceptors (Lipinski definition) is 6. The summed E-state index contributed by atoms with van der Waals surface area (Å²) in [5, 5.41) is 0.595. The van der Waals surface area contributed by atoms with E-state index in [0.29, 0.717) is 23.9 Å². The maximum atomic E-state index is 11.6. The summed E-state index contributed by atoms with van der Waals surface area (Å²) in [6.07, 6.45) is 1.96. The Morgan fingerprint density at radius 1 is 1.52 bits per heavy atom. The molecule has 134 valence electrons. The third-order valence-corrected chi connectivity index (χ3v) is 4.98. The summed E-state index contributed by atoms with van der Waals surface area (Å²) in [4.78, 5) is 19.1. The van der Waals surface area contributed by atoms with Crippen LogP contribution in [0.4, 0.5) is 0 Å². The van der Waals surface area contributed by atoms with Crippen molar-refractivity contribution in [2.24, 2.45) is 5.73 Å². The minimum absolute atomic E-state index is 0.104. The number of morpholine rings is 1. The fraction of sp³-hybridized carbons (Fsp3) is 0.412. The van der Waals surface area contributed by atoms with Crippen LogP contribution in [0.3, 0.4) is 0 Å². The monoisotopic (exact) mass is 381 g/mol. The number of benzene rings is 1. The summed E-state index contributed by atoms with van der Waals surface area (Å²) < 4.78 is 11.8. The predicted molar refractivity (Wildman–Crippen MR) is 96.8 cm³/mol. The molecule has 0 bridgehead atoms. The van der Waals surface area contributed by atoms with E-state index >= 15 is 0 Å². The zero-order valence-corrected chi connectivity index (χ0v) is 15.3. The fourth-order valence-corrected chi connectivity index (χ4v) is 3.75. The Morgan fingerprint density at radius 3 is 3.12 bits per heavy atom. The molecule has 8 heteroatoms. The van der Waals surface area contributed by atoms with Crippen LogP contribution < -0.4 is 10.5 Å². The van der Waals surface area contributed by atoms with E-state index in [-0.39, 0.29) is 13.0 Å². The van der Waals surface area contributed by atoms with E-state index in [1.54, 1.807) is 23.5 Å². The Labute approximate surface area is 155 Å². The van der Waals surface area contributed by atoms with Crippen molar-refractivity contribution in [3.05, 3.63) is 45.9 Å². The van der Waals surface area contributed by atoms with Gasteiger partial charge >= 0.3 is 0 Å². The van der Waals surface area contributed by atoms with Crippen molar-refractivity contribution in [1.29, 1.82) is 0 Å². The molecule has 6 nitrogen and oxygen atoms in total. The standard InChI is InChI=1S/C17H20ClN3O3S/c18-13-2-1-3-14(6-13)23-11-17(7-16(19)22)10-21(4-5-24-17)9-15-8-20-12-25-15/h1-3,6,8,12H,4-5,7,9-11H2,(H2,19,22)/t17-/m1/s1. The van der Waals surface area contributed by atoms with Gasteiger partial charge in [-0.3, -0.25) is 14.7 Å². The molecule has 0 radical (unpaired) electrons. The van der Waals surface area contributed by atoms with Gasteiger partial charge in [-0.15, -0.1) is 11.3 Å². The third-order valence-electron chi connectivity index (χ3n) is 3.98. The Hall–Kier alpha value is -1.67. The maximum absolute atomic E-state index is 11.6. The number of primary amides is 1. The van der Waals surface area contributed by atoms with Crippen LogP contribution in [0.1, 0.15) is 11.3 Å². The van der Waals surface area contributed by atoms with E-state index in [2.05, 4.69) is 9.88 Å². The van der Waals surface area contributed by atoms with Crippen molar-refractivity contribution < 1.29 is 14.3 Å². The topological polar surface area (TPSA) is 77.7 Å². The molecule has 3 rings (SSSR count). The van der Waals surface area contributed by atoms with Crippen molar-refractivity contribution in [3.8, 4) is 5.75 Å². The van der Waals surface area contributed by atoms with Gasteiger partial charge in [-0.25, -0.2) is 0 Å². The van der Waals surface area contributed by atoms with Crippen LogP contribution in [-0.4, -0.2) is 47.7 Å². The quantitative estimate of drug-likeness (QED) is 0.796. The van der Waals surface area contributed by atoms with Crippen LogP contribution in [-0.2, 0) is 16.1 Å². The zero-order chi connectivity index (χ0) is 17.7. The van der Waals surface area contributed by atoms with Crippen LogP contribution in [0, 0.1) is 0 Å². The molecule has 1 aliphatic rings. The van der Waals surface area contributed by atoms with E-state index in [4.69, 9.17) is 26.8 Å². The molecule has 1 aromatic carbocycles. The first-order valence-corrected chi connectivity index (χ1v) is 9.21. The number of nitrogens with two attached hydrogens (primary N) is 1. The molecule has 0 spiro atoms. The van der Waals surface area contributed by atoms with Gasteiger partial charge in [0.2, 0.25) is 5.91 Å². The van der Waals surface area contributed by atoms with E-state index in [1.807, 2.05) is 23.8 Å². The first-order valence-electron chi connectivity index (χ1n) is 7.95. The van der Waals surface area contributed by atoms with Crippen molar-refractivity contribution in [1.82, 2.24) is 9.88 Å². The Morgan fingerprint density at radius 2 is 2.40 bits per heavy atom. The third kappa shape index (κ3) is 5.15. The first-order chi connectivity index (χ1) is 12.0. The second kappa shape index (κ2) is 8.14. The fourth-order valence-electron chi connectivity index (χ4n) is 2.93. The summed E-state index contributed by atoms with van der Waals surface area (Å²) in [5.41, 5.74) is 6.51. The molecule has 0 unspecified atom stereocenters. The summed E-state index contributed by atoms with van der Waals surface area (Å²) in [6.45, 7) is 2.87. The number of thiazole rings is 1. The predicted octanol–water partition coefficient (Wildman–Crippen LogP) is 2.32. The molecule has 0 saturated carbocycles. The van der Waals surface area contributed by atoms with Gasteiger partial charge in [0.05, 0.1) is 18.5 Å². The number of aromatic nitrogens is 1. The molecule has 2 heterocycles. The largest absolute Gasteiger partial charge is 0.490 e. The van der Waals surface area contributed by atoms with Crippen LogP contribution in [0.2, 0.25) is 5.02 Å². The Bertz CT molecular complexity index is 713. The second-order valence-electron chi connectivity index (χ2n) is 6.10. The lowest BCUT2D eigenvalue weighted by Gasteiger charge is -2.41. The highest BCUT2D eigenvalue weighted by molar-refractivity contribution is 7.09. The smallest absolute Gasteiger partial charge is 0.220 e. The molecular weight excluding hydrogens is 362 g/mol. The molecule has 1 amide bonds. The molecule has 1 atom stereocenters. The van der Waals surface area contributed by atoms with E-state index in [9.17, 15) is 4.79 Å². The van der Waals surface area contributed by atoms with Gasteiger partial charge in [-0.1, -0.05) is 17.7 Å². The van der Waals surface area contributed by atoms with E-state index in [1.165, 1.54) is 4.88 Å². The van der Waals surface area contributed by atoms with Crippen molar-refractivity contribution >= 4 is 28.8 Å². The summed E-state index contributed by atoms with van der Waals surface area (Å²) in [5.74, 6) is 0.230. The van der Waals surface area contributed by atoms with Gasteiger partial charge < -0.3 is 15.2 Å². The lowest BCUT2D eigenvalue weighted by molar-refractivity contribution is -0.148. The molecular formula is C17H20ClN3O3S. The number of ether oxygens (including phenoxy) is 2. The molecule has 25 heavy (non-hydrogen) atoms. The normalized spacial score (nSPS) is 21.2. The maximum Gasteiger partial charge on any atom is 0.220 e. The highest BCUT2D eigenvalue weighted by atomic mass is 35.5. The average Bonchev–Trinajstić information content (AvgIpc) is 3.06. The minimum atomic E-state index is -0.767. The van der Waals surface area contributed by atoms with Gasteiger partial charge in [0.1, 0.15) is 18.0 Å². The number of rotatable bonds is 7. The highest BCUT2D eigenvalue weighted by Crippen LogP contribution is 2.26. The van der Waals surface area contributed by atoms with Crippen LogP contribution in [0.15, 0.2) is 36.0 Å². The van der Waals surface area contributed by atoms with Gasteiger partial charge in [-0.05, 0) is 18.2 Å². The van der Waals surface area contributed by atoms with Gasteiger partial charge in [0.25, 0.3) is 0 Å². The number of hydrogen-bond donors (Lipinski definition) is 1. The summed E-state index contributed by atoms with van der Waals surface area (Å²) >= 11 is 7.60. The van der Waals surface area contributed by atoms with Crippen LogP contribution in [0.25, 0.3) is 0 Å². The molecule has 1 saturated heterocycles. The van der Waals surface area contributed by atoms with Crippen molar-refractivity contribution in [2.45, 2.75) is 18.6 Å². The van der Waals surface area contributed by atoms with E-state index < -0.39 is 11.5 Å². The average molecular weight is 382 g/mol. The number of nitrogens with zero attached hydrogens (tertiary/aromatic N) is 2.